The molecule has 2 rings (SSSR count). The summed E-state index contributed by atoms with van der Waals surface area (Å²) in [5.74, 6) is -0.171. The Morgan fingerprint density at radius 3 is 2.84 bits per heavy atom. The maximum absolute atomic E-state index is 11.7. The topological polar surface area (TPSA) is 112 Å². The van der Waals surface area contributed by atoms with Crippen LogP contribution in [-0.4, -0.2) is 30.9 Å². The lowest BCUT2D eigenvalue weighted by molar-refractivity contribution is -0.122. The average Bonchev–Trinajstić information content (AvgIpc) is 2.86. The van der Waals surface area contributed by atoms with E-state index in [-0.39, 0.29) is 12.5 Å². The molecule has 0 spiro atoms. The van der Waals surface area contributed by atoms with Crippen molar-refractivity contribution < 1.29 is 4.79 Å². The largest absolute Gasteiger partial charge is 0.349 e. The molecule has 100 valence electrons. The summed E-state index contributed by atoms with van der Waals surface area (Å²) in [5, 5.41) is 10.3. The molecule has 0 saturated heterocycles. The van der Waals surface area contributed by atoms with Crippen molar-refractivity contribution in [2.45, 2.75) is 26.6 Å². The van der Waals surface area contributed by atoms with Crippen LogP contribution in [-0.2, 0) is 24.4 Å². The second-order valence-electron chi connectivity index (χ2n) is 4.04. The highest BCUT2D eigenvalue weighted by Gasteiger charge is 2.05. The fourth-order valence-corrected chi connectivity index (χ4v) is 1.41. The van der Waals surface area contributed by atoms with Gasteiger partial charge in [-0.15, -0.1) is 5.10 Å². The van der Waals surface area contributed by atoms with Crippen molar-refractivity contribution in [3.05, 3.63) is 35.7 Å². The lowest BCUT2D eigenvalue weighted by Gasteiger charge is -2.04. The second kappa shape index (κ2) is 6.01. The molecule has 2 aromatic heterocycles. The van der Waals surface area contributed by atoms with E-state index in [1.165, 1.54) is 4.68 Å². The molecule has 0 atom stereocenters. The fraction of sp³-hybridized carbons (Fsp3) is 0.364. The first kappa shape index (κ1) is 13.1. The van der Waals surface area contributed by atoms with E-state index in [0.717, 1.165) is 5.69 Å². The maximum atomic E-state index is 11.7. The molecule has 19 heavy (non-hydrogen) atoms. The second-order valence-corrected chi connectivity index (χ2v) is 4.04. The van der Waals surface area contributed by atoms with E-state index < -0.39 is 0 Å². The van der Waals surface area contributed by atoms with Crippen LogP contribution in [0.4, 0.5) is 0 Å². The van der Waals surface area contributed by atoms with E-state index >= 15 is 0 Å². The molecule has 2 heterocycles. The number of hydrogen-bond acceptors (Lipinski definition) is 6. The van der Waals surface area contributed by atoms with Gasteiger partial charge in [-0.25, -0.2) is 4.68 Å². The Morgan fingerprint density at radius 2 is 2.21 bits per heavy atom. The molecule has 0 fully saturated rings. The normalized spacial score (nSPS) is 10.4. The third-order valence-corrected chi connectivity index (χ3v) is 2.40. The van der Waals surface area contributed by atoms with Crippen molar-refractivity contribution in [1.82, 2.24) is 30.3 Å². The van der Waals surface area contributed by atoms with Gasteiger partial charge >= 0.3 is 0 Å². The SMILES string of the molecule is Cc1cnc(CNC(=O)Cn2cc(CN)nn2)cn1. The molecular formula is C11H15N7O. The maximum Gasteiger partial charge on any atom is 0.242 e. The van der Waals surface area contributed by atoms with Gasteiger partial charge in [0, 0.05) is 12.7 Å². The van der Waals surface area contributed by atoms with Gasteiger partial charge in [0.1, 0.15) is 6.54 Å². The van der Waals surface area contributed by atoms with Gasteiger partial charge in [-0.05, 0) is 6.92 Å². The summed E-state index contributed by atoms with van der Waals surface area (Å²) in [5.41, 5.74) is 7.61. The van der Waals surface area contributed by atoms with Crippen molar-refractivity contribution in [1.29, 1.82) is 0 Å². The average molecular weight is 261 g/mol. The van der Waals surface area contributed by atoms with Gasteiger partial charge in [-0.2, -0.15) is 0 Å². The molecule has 2 aromatic rings. The molecule has 0 aliphatic rings. The third kappa shape index (κ3) is 3.81. The van der Waals surface area contributed by atoms with Crippen LogP contribution in [0.3, 0.4) is 0 Å². The summed E-state index contributed by atoms with van der Waals surface area (Å²) in [6.07, 6.45) is 4.94. The van der Waals surface area contributed by atoms with Crippen molar-refractivity contribution in [2.24, 2.45) is 5.73 Å². The van der Waals surface area contributed by atoms with Crippen LogP contribution < -0.4 is 11.1 Å². The van der Waals surface area contributed by atoms with Gasteiger partial charge in [0.25, 0.3) is 0 Å². The number of carbonyl (C=O) groups is 1. The summed E-state index contributed by atoms with van der Waals surface area (Å²) in [6.45, 7) is 2.60. The zero-order valence-corrected chi connectivity index (χ0v) is 10.6. The van der Waals surface area contributed by atoms with Gasteiger partial charge in [0.15, 0.2) is 0 Å². The van der Waals surface area contributed by atoms with Gasteiger partial charge < -0.3 is 11.1 Å². The Balaban J connectivity index is 1.82. The summed E-state index contributed by atoms with van der Waals surface area (Å²) in [6, 6.07) is 0. The van der Waals surface area contributed by atoms with Crippen molar-refractivity contribution in [3.8, 4) is 0 Å². The van der Waals surface area contributed by atoms with Crippen molar-refractivity contribution >= 4 is 5.91 Å². The Morgan fingerprint density at radius 1 is 1.37 bits per heavy atom. The number of hydrogen-bond donors (Lipinski definition) is 2. The van der Waals surface area contributed by atoms with E-state index in [4.69, 9.17) is 5.73 Å². The first-order chi connectivity index (χ1) is 9.17. The van der Waals surface area contributed by atoms with E-state index in [0.29, 0.717) is 24.5 Å². The highest BCUT2D eigenvalue weighted by atomic mass is 16.2. The zero-order chi connectivity index (χ0) is 13.7. The molecule has 8 heteroatoms. The lowest BCUT2D eigenvalue weighted by atomic mass is 10.4. The highest BCUT2D eigenvalue weighted by molar-refractivity contribution is 5.75. The fourth-order valence-electron chi connectivity index (χ4n) is 1.41. The molecule has 0 bridgehead atoms. The molecule has 1 amide bonds. The molecule has 3 N–H and O–H groups in total. The Labute approximate surface area is 110 Å². The van der Waals surface area contributed by atoms with Crippen LogP contribution in [0.15, 0.2) is 18.6 Å². The van der Waals surface area contributed by atoms with Crippen LogP contribution >= 0.6 is 0 Å². The summed E-state index contributed by atoms with van der Waals surface area (Å²) in [4.78, 5) is 19.9. The number of nitrogens with zero attached hydrogens (tertiary/aromatic N) is 5. The number of amides is 1. The van der Waals surface area contributed by atoms with E-state index in [1.807, 2.05) is 6.92 Å². The molecule has 0 aromatic carbocycles. The van der Waals surface area contributed by atoms with E-state index in [9.17, 15) is 4.79 Å². The van der Waals surface area contributed by atoms with Crippen molar-refractivity contribution in [3.63, 3.8) is 0 Å². The van der Waals surface area contributed by atoms with Crippen LogP contribution in [0.1, 0.15) is 17.1 Å². The molecule has 8 nitrogen and oxygen atoms in total. The molecule has 0 aliphatic carbocycles. The molecule has 0 aliphatic heterocycles. The molecule has 0 radical (unpaired) electrons. The standard InChI is InChI=1S/C11H15N7O/c1-8-3-14-10(4-13-8)5-15-11(19)7-18-6-9(2-12)16-17-18/h3-4,6H,2,5,7,12H2,1H3,(H,15,19). The van der Waals surface area contributed by atoms with Crippen LogP contribution in [0.5, 0.6) is 0 Å². The number of rotatable bonds is 5. The van der Waals surface area contributed by atoms with Crippen LogP contribution in [0.25, 0.3) is 0 Å². The van der Waals surface area contributed by atoms with Crippen LogP contribution in [0.2, 0.25) is 0 Å². The van der Waals surface area contributed by atoms with Gasteiger partial charge in [-0.1, -0.05) is 5.21 Å². The first-order valence-corrected chi connectivity index (χ1v) is 5.80. The minimum atomic E-state index is -0.171. The Hall–Kier alpha value is -2.35. The molecular weight excluding hydrogens is 246 g/mol. The first-order valence-electron chi connectivity index (χ1n) is 5.80. The Kier molecular flexibility index (Phi) is 4.14. The monoisotopic (exact) mass is 261 g/mol. The van der Waals surface area contributed by atoms with E-state index in [2.05, 4.69) is 25.6 Å². The zero-order valence-electron chi connectivity index (χ0n) is 10.6. The number of nitrogens with one attached hydrogen (secondary N) is 1. The van der Waals surface area contributed by atoms with Gasteiger partial charge in [0.2, 0.25) is 5.91 Å². The molecule has 0 saturated carbocycles. The predicted octanol–water partition coefficient (Wildman–Crippen LogP) is -0.848. The molecule has 0 unspecified atom stereocenters. The number of aryl methyl sites for hydroxylation is 1. The summed E-state index contributed by atoms with van der Waals surface area (Å²) >= 11 is 0. The third-order valence-electron chi connectivity index (χ3n) is 2.40. The predicted molar refractivity (Wildman–Crippen MR) is 66.5 cm³/mol. The summed E-state index contributed by atoms with van der Waals surface area (Å²) < 4.78 is 1.44. The van der Waals surface area contributed by atoms with Crippen LogP contribution in [0, 0.1) is 6.92 Å². The number of nitrogens with two attached hydrogens (primary N) is 1. The smallest absolute Gasteiger partial charge is 0.242 e. The van der Waals surface area contributed by atoms with Crippen molar-refractivity contribution in [2.75, 3.05) is 0 Å². The van der Waals surface area contributed by atoms with Gasteiger partial charge in [-0.3, -0.25) is 14.8 Å². The minimum Gasteiger partial charge on any atom is -0.349 e. The summed E-state index contributed by atoms with van der Waals surface area (Å²) in [7, 11) is 0. The number of carbonyl (C=O) groups excluding carboxylic acids is 1. The lowest BCUT2D eigenvalue weighted by Crippen LogP contribution is -2.27. The van der Waals surface area contributed by atoms with Gasteiger partial charge in [0.05, 0.1) is 36.0 Å². The minimum absolute atomic E-state index is 0.103. The quantitative estimate of drug-likeness (QED) is 0.725. The highest BCUT2D eigenvalue weighted by Crippen LogP contribution is 1.94. The Bertz CT molecular complexity index is 548. The van der Waals surface area contributed by atoms with E-state index in [1.54, 1.807) is 18.6 Å². The number of aromatic nitrogens is 5.